The molecule has 10 heteroatoms. The number of hydrogen-bond acceptors (Lipinski definition) is 8. The zero-order valence-corrected chi connectivity index (χ0v) is 19.5. The van der Waals surface area contributed by atoms with Gasteiger partial charge in [-0.05, 0) is 38.1 Å². The van der Waals surface area contributed by atoms with Gasteiger partial charge < -0.3 is 9.15 Å². The molecule has 4 heterocycles. The molecule has 3 aromatic rings. The number of thiazole rings is 1. The molecule has 170 valence electrons. The summed E-state index contributed by atoms with van der Waals surface area (Å²) in [4.78, 5) is 53.5. The molecule has 1 aromatic carbocycles. The minimum Gasteiger partial charge on any atom is -0.469 e. The number of amides is 2. The van der Waals surface area contributed by atoms with Gasteiger partial charge in [0, 0.05) is 0 Å². The molecule has 8 nitrogen and oxygen atoms in total. The largest absolute Gasteiger partial charge is 0.469 e. The highest BCUT2D eigenvalue weighted by molar-refractivity contribution is 8.00. The van der Waals surface area contributed by atoms with Crippen LogP contribution in [-0.2, 0) is 25.7 Å². The van der Waals surface area contributed by atoms with Crippen molar-refractivity contribution in [1.82, 2.24) is 4.57 Å². The minimum absolute atomic E-state index is 0.200. The van der Waals surface area contributed by atoms with E-state index in [2.05, 4.69) is 0 Å². The van der Waals surface area contributed by atoms with Crippen LogP contribution in [0.4, 0.5) is 5.69 Å². The fourth-order valence-electron chi connectivity index (χ4n) is 4.31. The monoisotopic (exact) mass is 484 g/mol. The van der Waals surface area contributed by atoms with E-state index in [4.69, 9.17) is 9.15 Å². The lowest BCUT2D eigenvalue weighted by Gasteiger charge is -2.28. The summed E-state index contributed by atoms with van der Waals surface area (Å²) in [5, 5.41) is -0.239. The summed E-state index contributed by atoms with van der Waals surface area (Å²) >= 11 is 2.13. The summed E-state index contributed by atoms with van der Waals surface area (Å²) in [6.07, 6.45) is 1.50. The number of carbonyl (C=O) groups excluding carboxylic acids is 3. The molecular formula is C23H20N2O6S2. The van der Waals surface area contributed by atoms with Crippen LogP contribution in [0.25, 0.3) is 0 Å². The molecule has 2 aliphatic heterocycles. The van der Waals surface area contributed by atoms with E-state index in [-0.39, 0.29) is 29.8 Å². The second-order valence-corrected chi connectivity index (χ2v) is 9.96. The number of benzene rings is 1. The quantitative estimate of drug-likeness (QED) is 0.405. The van der Waals surface area contributed by atoms with Crippen molar-refractivity contribution in [3.8, 4) is 0 Å². The minimum atomic E-state index is -0.746. The lowest BCUT2D eigenvalue weighted by Crippen LogP contribution is -2.32. The Morgan fingerprint density at radius 3 is 2.55 bits per heavy atom. The van der Waals surface area contributed by atoms with Crippen LogP contribution < -0.4 is 9.77 Å². The Bertz CT molecular complexity index is 1290. The summed E-state index contributed by atoms with van der Waals surface area (Å²) < 4.78 is 12.0. The highest BCUT2D eigenvalue weighted by atomic mass is 32.2. The molecule has 1 fully saturated rings. The predicted molar refractivity (Wildman–Crippen MR) is 123 cm³/mol. The zero-order chi connectivity index (χ0) is 23.3. The van der Waals surface area contributed by atoms with Crippen molar-refractivity contribution in [2.24, 2.45) is 5.92 Å². The van der Waals surface area contributed by atoms with Crippen LogP contribution in [0.2, 0.25) is 0 Å². The van der Waals surface area contributed by atoms with Crippen molar-refractivity contribution >= 4 is 46.6 Å². The fraction of sp³-hybridized carbons (Fsp3) is 0.304. The maximum atomic E-state index is 13.6. The molecule has 3 atom stereocenters. The molecule has 0 aliphatic carbocycles. The maximum Gasteiger partial charge on any atom is 0.326 e. The summed E-state index contributed by atoms with van der Waals surface area (Å²) in [6.45, 7) is 3.57. The molecule has 2 amide bonds. The van der Waals surface area contributed by atoms with Crippen LogP contribution in [0.5, 0.6) is 0 Å². The third-order valence-electron chi connectivity index (χ3n) is 5.78. The van der Waals surface area contributed by atoms with Crippen LogP contribution in [0, 0.1) is 12.8 Å². The number of anilines is 1. The van der Waals surface area contributed by atoms with E-state index in [1.807, 2.05) is 19.1 Å². The first-order chi connectivity index (χ1) is 15.9. The maximum absolute atomic E-state index is 13.6. The second-order valence-electron chi connectivity index (χ2n) is 7.83. The van der Waals surface area contributed by atoms with Gasteiger partial charge in [0.1, 0.15) is 17.6 Å². The number of hydrogen-bond donors (Lipinski definition) is 0. The Labute approximate surface area is 197 Å². The number of esters is 1. The van der Waals surface area contributed by atoms with Crippen LogP contribution >= 0.6 is 23.1 Å². The number of nitrogens with zero attached hydrogens (tertiary/aromatic N) is 2. The fourth-order valence-corrected chi connectivity index (χ4v) is 7.07. The molecule has 0 bridgehead atoms. The van der Waals surface area contributed by atoms with Gasteiger partial charge in [-0.15, -0.1) is 0 Å². The van der Waals surface area contributed by atoms with Gasteiger partial charge in [0.15, 0.2) is 0 Å². The number of thioether (sulfide) groups is 1. The molecule has 1 saturated heterocycles. The normalized spacial score (nSPS) is 21.8. The van der Waals surface area contributed by atoms with Gasteiger partial charge in [-0.1, -0.05) is 40.8 Å². The van der Waals surface area contributed by atoms with Gasteiger partial charge in [-0.3, -0.25) is 23.7 Å². The topological polar surface area (TPSA) is 98.8 Å². The van der Waals surface area contributed by atoms with E-state index in [9.17, 15) is 19.2 Å². The van der Waals surface area contributed by atoms with Gasteiger partial charge in [-0.2, -0.15) is 0 Å². The Morgan fingerprint density at radius 1 is 1.12 bits per heavy atom. The summed E-state index contributed by atoms with van der Waals surface area (Å²) in [5.74, 6) is -2.03. The Morgan fingerprint density at radius 2 is 1.88 bits per heavy atom. The number of carbonyl (C=O) groups is 3. The van der Waals surface area contributed by atoms with E-state index in [1.165, 1.54) is 15.7 Å². The molecule has 33 heavy (non-hydrogen) atoms. The van der Waals surface area contributed by atoms with Crippen LogP contribution in [0.15, 0.2) is 56.9 Å². The average molecular weight is 485 g/mol. The van der Waals surface area contributed by atoms with Crippen molar-refractivity contribution in [3.63, 3.8) is 0 Å². The predicted octanol–water partition coefficient (Wildman–Crippen LogP) is 3.17. The van der Waals surface area contributed by atoms with Crippen molar-refractivity contribution in [1.29, 1.82) is 0 Å². The first-order valence-electron chi connectivity index (χ1n) is 10.4. The molecule has 3 unspecified atom stereocenters. The number of ether oxygens (including phenoxy) is 1. The number of furan rings is 1. The van der Waals surface area contributed by atoms with Gasteiger partial charge >= 0.3 is 10.8 Å². The van der Waals surface area contributed by atoms with Crippen LogP contribution in [-0.4, -0.2) is 34.2 Å². The Balaban J connectivity index is 1.61. The molecule has 5 rings (SSSR count). The van der Waals surface area contributed by atoms with Crippen molar-refractivity contribution in [2.75, 3.05) is 11.5 Å². The van der Waals surface area contributed by atoms with Crippen molar-refractivity contribution < 1.29 is 23.5 Å². The van der Waals surface area contributed by atoms with Gasteiger partial charge in [0.25, 0.3) is 0 Å². The van der Waals surface area contributed by atoms with Gasteiger partial charge in [-0.25, -0.2) is 4.90 Å². The molecule has 2 aliphatic rings. The van der Waals surface area contributed by atoms with Gasteiger partial charge in [0.2, 0.25) is 11.8 Å². The van der Waals surface area contributed by atoms with Crippen molar-refractivity contribution in [3.05, 3.63) is 68.5 Å². The first-order valence-corrected chi connectivity index (χ1v) is 12.1. The van der Waals surface area contributed by atoms with Crippen LogP contribution in [0.3, 0.4) is 0 Å². The lowest BCUT2D eigenvalue weighted by molar-refractivity contribution is -0.144. The van der Waals surface area contributed by atoms with E-state index < -0.39 is 23.1 Å². The van der Waals surface area contributed by atoms with E-state index in [0.29, 0.717) is 21.4 Å². The molecule has 0 spiro atoms. The molecule has 0 radical (unpaired) electrons. The van der Waals surface area contributed by atoms with Crippen LogP contribution in [0.1, 0.15) is 29.0 Å². The third kappa shape index (κ3) is 3.53. The Hall–Kier alpha value is -3.11. The SMILES string of the molecule is CCOC(=O)Cn1c2c(sc1=O)C(c1ccco1)C1C(=O)N(c3ccc(C)cc3)C(=O)C1S2. The number of aryl methyl sites for hydroxylation is 1. The number of rotatable bonds is 5. The Kier molecular flexibility index (Phi) is 5.49. The number of aromatic nitrogens is 1. The molecule has 0 saturated carbocycles. The summed E-state index contributed by atoms with van der Waals surface area (Å²) in [7, 11) is 0. The summed E-state index contributed by atoms with van der Waals surface area (Å²) in [5.41, 5.74) is 1.53. The van der Waals surface area contributed by atoms with Gasteiger partial charge in [0.05, 0.1) is 40.3 Å². The number of fused-ring (bicyclic) bond motifs is 2. The van der Waals surface area contributed by atoms with Crippen molar-refractivity contribution in [2.45, 2.75) is 36.6 Å². The molecular weight excluding hydrogens is 464 g/mol. The number of imide groups is 1. The van der Waals surface area contributed by atoms with E-state index >= 15 is 0 Å². The van der Waals surface area contributed by atoms with E-state index in [0.717, 1.165) is 28.7 Å². The van der Waals surface area contributed by atoms with E-state index in [1.54, 1.807) is 31.2 Å². The lowest BCUT2D eigenvalue weighted by atomic mass is 9.87. The third-order valence-corrected chi connectivity index (χ3v) is 8.39. The summed E-state index contributed by atoms with van der Waals surface area (Å²) in [6, 6.07) is 10.7. The first kappa shape index (κ1) is 21.7. The average Bonchev–Trinajstić information content (AvgIpc) is 3.48. The molecule has 2 aromatic heterocycles. The second kappa shape index (κ2) is 8.35. The smallest absolute Gasteiger partial charge is 0.326 e. The zero-order valence-electron chi connectivity index (χ0n) is 17.8. The highest BCUT2D eigenvalue weighted by Crippen LogP contribution is 2.53. The molecule has 0 N–H and O–H groups in total. The highest BCUT2D eigenvalue weighted by Gasteiger charge is 2.57. The standard InChI is InChI=1S/C23H20N2O6S2/c1-3-30-15(26)11-24-22-19(33-23(24)29)16(14-5-4-10-31-14)17-18(32-22)21(28)25(20(17)27)13-8-6-12(2)7-9-13/h4-10,16-18H,3,11H2,1-2H3.